The number of nitrogens with zero attached hydrogens (tertiary/aromatic N) is 3. The van der Waals surface area contributed by atoms with Crippen molar-refractivity contribution in [3.05, 3.63) is 29.8 Å². The fourth-order valence-corrected chi connectivity index (χ4v) is 3.80. The summed E-state index contributed by atoms with van der Waals surface area (Å²) < 4.78 is 0. The van der Waals surface area contributed by atoms with Crippen molar-refractivity contribution in [1.82, 2.24) is 14.7 Å². The number of hydrogen-bond acceptors (Lipinski definition) is 4. The van der Waals surface area contributed by atoms with Crippen LogP contribution in [-0.2, 0) is 16.0 Å². The summed E-state index contributed by atoms with van der Waals surface area (Å²) in [5.41, 5.74) is 7.41. The van der Waals surface area contributed by atoms with E-state index in [4.69, 9.17) is 5.73 Å². The molecule has 0 radical (unpaired) electrons. The molecule has 25 heavy (non-hydrogen) atoms. The molecule has 0 spiro atoms. The van der Waals surface area contributed by atoms with Gasteiger partial charge in [-0.3, -0.25) is 9.59 Å². The third-order valence-electron chi connectivity index (χ3n) is 5.25. The Labute approximate surface area is 149 Å². The summed E-state index contributed by atoms with van der Waals surface area (Å²) in [4.78, 5) is 30.9. The minimum absolute atomic E-state index is 0.0806. The van der Waals surface area contributed by atoms with Crippen molar-refractivity contribution in [2.24, 2.45) is 0 Å². The lowest BCUT2D eigenvalue weighted by Gasteiger charge is -2.42. The Bertz CT molecular complexity index is 610. The van der Waals surface area contributed by atoms with E-state index in [-0.39, 0.29) is 17.9 Å². The van der Waals surface area contributed by atoms with Crippen molar-refractivity contribution >= 4 is 17.5 Å². The van der Waals surface area contributed by atoms with Crippen LogP contribution in [0.4, 0.5) is 5.69 Å². The van der Waals surface area contributed by atoms with Crippen LogP contribution in [0.15, 0.2) is 24.3 Å². The molecule has 0 bridgehead atoms. The van der Waals surface area contributed by atoms with Crippen LogP contribution in [-0.4, -0.2) is 71.8 Å². The van der Waals surface area contributed by atoms with E-state index < -0.39 is 0 Å². The van der Waals surface area contributed by atoms with E-state index in [1.807, 2.05) is 34.1 Å². The molecule has 0 saturated carbocycles. The number of anilines is 1. The van der Waals surface area contributed by atoms with Gasteiger partial charge < -0.3 is 20.4 Å². The summed E-state index contributed by atoms with van der Waals surface area (Å²) in [5, 5.41) is 0. The molecule has 0 aliphatic carbocycles. The maximum absolute atomic E-state index is 12.9. The topological polar surface area (TPSA) is 69.9 Å². The second-order valence-electron chi connectivity index (χ2n) is 7.13. The predicted molar refractivity (Wildman–Crippen MR) is 98.0 cm³/mol. The smallest absolute Gasteiger partial charge is 0.227 e. The monoisotopic (exact) mass is 344 g/mol. The summed E-state index contributed by atoms with van der Waals surface area (Å²) in [7, 11) is 0. The number of amides is 2. The lowest BCUT2D eigenvalue weighted by molar-refractivity contribution is -0.142. The Kier molecular flexibility index (Phi) is 5.58. The van der Waals surface area contributed by atoms with Crippen LogP contribution in [0.3, 0.4) is 0 Å². The van der Waals surface area contributed by atoms with Gasteiger partial charge in [0.05, 0.1) is 12.5 Å². The largest absolute Gasteiger partial charge is 0.399 e. The minimum Gasteiger partial charge on any atom is -0.399 e. The first-order chi connectivity index (χ1) is 12.0. The van der Waals surface area contributed by atoms with Crippen LogP contribution < -0.4 is 5.73 Å². The van der Waals surface area contributed by atoms with Gasteiger partial charge in [-0.05, 0) is 43.6 Å². The Hall–Kier alpha value is -2.08. The Morgan fingerprint density at radius 3 is 2.40 bits per heavy atom. The Morgan fingerprint density at radius 2 is 1.76 bits per heavy atom. The number of likely N-dealkylation sites (tertiary alicyclic amines) is 1. The van der Waals surface area contributed by atoms with Crippen LogP contribution in [0, 0.1) is 0 Å². The number of benzene rings is 1. The fourth-order valence-electron chi connectivity index (χ4n) is 3.80. The number of nitrogens with two attached hydrogens (primary N) is 1. The highest BCUT2D eigenvalue weighted by Crippen LogP contribution is 2.17. The predicted octanol–water partition coefficient (Wildman–Crippen LogP) is 0.966. The molecule has 2 amide bonds. The number of carbonyl (C=O) groups excluding carboxylic acids is 2. The van der Waals surface area contributed by atoms with Gasteiger partial charge in [0, 0.05) is 38.8 Å². The van der Waals surface area contributed by atoms with Crippen molar-refractivity contribution in [2.45, 2.75) is 32.2 Å². The molecular formula is C19H28N4O2. The van der Waals surface area contributed by atoms with E-state index in [2.05, 4.69) is 4.90 Å². The first-order valence-electron chi connectivity index (χ1n) is 9.14. The summed E-state index contributed by atoms with van der Waals surface area (Å²) in [6, 6.07) is 7.57. The number of piperazine rings is 1. The molecule has 2 aliphatic rings. The summed E-state index contributed by atoms with van der Waals surface area (Å²) in [6.07, 6.45) is 2.84. The van der Waals surface area contributed by atoms with E-state index in [1.165, 1.54) is 12.8 Å². The zero-order valence-corrected chi connectivity index (χ0v) is 15.0. The molecule has 1 unspecified atom stereocenters. The van der Waals surface area contributed by atoms with Crippen molar-refractivity contribution in [2.75, 3.05) is 45.0 Å². The number of rotatable bonds is 4. The average molecular weight is 344 g/mol. The minimum atomic E-state index is 0.0806. The van der Waals surface area contributed by atoms with Gasteiger partial charge in [0.15, 0.2) is 0 Å². The van der Waals surface area contributed by atoms with E-state index >= 15 is 0 Å². The average Bonchev–Trinajstić information content (AvgIpc) is 3.09. The van der Waals surface area contributed by atoms with E-state index in [9.17, 15) is 9.59 Å². The molecular weight excluding hydrogens is 316 g/mol. The fraction of sp³-hybridized carbons (Fsp3) is 0.579. The molecule has 1 aromatic rings. The maximum Gasteiger partial charge on any atom is 0.227 e. The summed E-state index contributed by atoms with van der Waals surface area (Å²) in [5.74, 6) is 0.231. The third-order valence-corrected chi connectivity index (χ3v) is 5.25. The lowest BCUT2D eigenvalue weighted by atomic mass is 10.1. The van der Waals surface area contributed by atoms with Gasteiger partial charge in [-0.25, -0.2) is 0 Å². The highest BCUT2D eigenvalue weighted by Gasteiger charge is 2.33. The van der Waals surface area contributed by atoms with Crippen molar-refractivity contribution in [1.29, 1.82) is 0 Å². The molecule has 2 aliphatic heterocycles. The van der Waals surface area contributed by atoms with Gasteiger partial charge in [-0.15, -0.1) is 0 Å². The highest BCUT2D eigenvalue weighted by molar-refractivity contribution is 5.80. The summed E-state index contributed by atoms with van der Waals surface area (Å²) >= 11 is 0. The van der Waals surface area contributed by atoms with Crippen LogP contribution in [0.2, 0.25) is 0 Å². The maximum atomic E-state index is 12.9. The van der Waals surface area contributed by atoms with Gasteiger partial charge >= 0.3 is 0 Å². The van der Waals surface area contributed by atoms with E-state index in [0.717, 1.165) is 25.2 Å². The number of nitrogen functional groups attached to an aromatic ring is 1. The molecule has 1 aromatic carbocycles. The van der Waals surface area contributed by atoms with Crippen molar-refractivity contribution in [3.8, 4) is 0 Å². The van der Waals surface area contributed by atoms with Gasteiger partial charge in [0.25, 0.3) is 0 Å². The third kappa shape index (κ3) is 4.51. The molecule has 2 fully saturated rings. The van der Waals surface area contributed by atoms with Crippen molar-refractivity contribution < 1.29 is 9.59 Å². The number of carbonyl (C=O) groups is 2. The van der Waals surface area contributed by atoms with Gasteiger partial charge in [0.1, 0.15) is 0 Å². The zero-order valence-electron chi connectivity index (χ0n) is 15.0. The van der Waals surface area contributed by atoms with Gasteiger partial charge in [-0.2, -0.15) is 0 Å². The normalized spacial score (nSPS) is 21.6. The highest BCUT2D eigenvalue weighted by atomic mass is 16.2. The van der Waals surface area contributed by atoms with Gasteiger partial charge in [0.2, 0.25) is 11.8 Å². The molecule has 6 heteroatoms. The Morgan fingerprint density at radius 1 is 1.08 bits per heavy atom. The SMILES string of the molecule is CC(=O)N1CCN(C(=O)Cc2ccc(N)cc2)C(CN2CCCC2)C1. The molecule has 2 heterocycles. The van der Waals surface area contributed by atoms with Crippen LogP contribution in [0.1, 0.15) is 25.3 Å². The van der Waals surface area contributed by atoms with E-state index in [0.29, 0.717) is 31.7 Å². The first kappa shape index (κ1) is 17.7. The lowest BCUT2D eigenvalue weighted by Crippen LogP contribution is -2.59. The van der Waals surface area contributed by atoms with Gasteiger partial charge in [-0.1, -0.05) is 12.1 Å². The Balaban J connectivity index is 1.68. The standard InChI is InChI=1S/C19H28N4O2/c1-15(24)22-10-11-23(18(14-22)13-21-8-2-3-9-21)19(25)12-16-4-6-17(20)7-5-16/h4-7,18H,2-3,8-14,20H2,1H3. The molecule has 0 aromatic heterocycles. The zero-order chi connectivity index (χ0) is 17.8. The quantitative estimate of drug-likeness (QED) is 0.826. The first-order valence-corrected chi connectivity index (χ1v) is 9.14. The molecule has 3 rings (SSSR count). The molecule has 2 saturated heterocycles. The van der Waals surface area contributed by atoms with Crippen LogP contribution in [0.25, 0.3) is 0 Å². The molecule has 2 N–H and O–H groups in total. The second kappa shape index (κ2) is 7.87. The van der Waals surface area contributed by atoms with Crippen molar-refractivity contribution in [3.63, 3.8) is 0 Å². The molecule has 136 valence electrons. The molecule has 1 atom stereocenters. The molecule has 6 nitrogen and oxygen atoms in total. The van der Waals surface area contributed by atoms with Crippen LogP contribution in [0.5, 0.6) is 0 Å². The van der Waals surface area contributed by atoms with E-state index in [1.54, 1.807) is 6.92 Å². The van der Waals surface area contributed by atoms with Crippen LogP contribution >= 0.6 is 0 Å². The number of hydrogen-bond donors (Lipinski definition) is 1. The second-order valence-corrected chi connectivity index (χ2v) is 7.13. The summed E-state index contributed by atoms with van der Waals surface area (Å²) in [6.45, 7) is 6.54.